The van der Waals surface area contributed by atoms with E-state index in [0.717, 1.165) is 12.1 Å². The lowest BCUT2D eigenvalue weighted by molar-refractivity contribution is -0.143. The third kappa shape index (κ3) is 3.16. The first-order valence-corrected chi connectivity index (χ1v) is 8.81. The molecule has 0 aromatic heterocycles. The highest BCUT2D eigenvalue weighted by molar-refractivity contribution is 5.88. The van der Waals surface area contributed by atoms with Gasteiger partial charge in [-0.25, -0.2) is 5.43 Å². The van der Waals surface area contributed by atoms with E-state index < -0.39 is 0 Å². The quantitative estimate of drug-likeness (QED) is 0.725. The summed E-state index contributed by atoms with van der Waals surface area (Å²) < 4.78 is 0. The molecule has 1 aromatic carbocycles. The topological polar surface area (TPSA) is 73.5 Å². The van der Waals surface area contributed by atoms with Crippen molar-refractivity contribution >= 4 is 11.8 Å². The lowest BCUT2D eigenvalue weighted by Gasteiger charge is -2.39. The summed E-state index contributed by atoms with van der Waals surface area (Å²) in [6, 6.07) is 9.65. The van der Waals surface area contributed by atoms with Crippen molar-refractivity contribution in [1.29, 1.82) is 0 Å². The highest BCUT2D eigenvalue weighted by Crippen LogP contribution is 2.33. The second kappa shape index (κ2) is 6.53. The van der Waals surface area contributed by atoms with Crippen molar-refractivity contribution in [3.8, 4) is 0 Å². The van der Waals surface area contributed by atoms with Crippen LogP contribution in [0.3, 0.4) is 0 Å². The van der Waals surface area contributed by atoms with Crippen LogP contribution in [0, 0.1) is 17.8 Å². The minimum atomic E-state index is -0.273. The van der Waals surface area contributed by atoms with E-state index in [9.17, 15) is 9.59 Å². The van der Waals surface area contributed by atoms with Crippen LogP contribution >= 0.6 is 0 Å². The Labute approximate surface area is 141 Å². The van der Waals surface area contributed by atoms with Crippen molar-refractivity contribution in [3.63, 3.8) is 0 Å². The van der Waals surface area contributed by atoms with Gasteiger partial charge in [0.2, 0.25) is 11.8 Å². The van der Waals surface area contributed by atoms with E-state index in [2.05, 4.69) is 16.2 Å². The average Bonchev–Trinajstić information content (AvgIpc) is 3.28. The monoisotopic (exact) mass is 328 g/mol. The van der Waals surface area contributed by atoms with E-state index in [-0.39, 0.29) is 29.7 Å². The van der Waals surface area contributed by atoms with Crippen LogP contribution in [0.15, 0.2) is 30.3 Å². The molecule has 0 spiro atoms. The van der Waals surface area contributed by atoms with Crippen molar-refractivity contribution in [2.45, 2.75) is 25.4 Å². The molecule has 128 valence electrons. The second-order valence-electron chi connectivity index (χ2n) is 7.16. The predicted molar refractivity (Wildman–Crippen MR) is 89.5 cm³/mol. The first-order valence-electron chi connectivity index (χ1n) is 8.81. The molecule has 4 rings (SSSR count). The zero-order chi connectivity index (χ0) is 16.5. The Bertz CT molecular complexity index is 617. The van der Waals surface area contributed by atoms with Gasteiger partial charge in [-0.05, 0) is 24.3 Å². The molecule has 2 amide bonds. The van der Waals surface area contributed by atoms with Gasteiger partial charge in [0.1, 0.15) is 6.04 Å². The van der Waals surface area contributed by atoms with Crippen molar-refractivity contribution in [3.05, 3.63) is 35.9 Å². The number of likely N-dealkylation sites (tertiary alicyclic amines) is 1. The maximum Gasteiger partial charge on any atom is 0.241 e. The number of hydrazine groups is 1. The number of carbonyl (C=O) groups excluding carboxylic acids is 2. The smallest absolute Gasteiger partial charge is 0.241 e. The summed E-state index contributed by atoms with van der Waals surface area (Å²) in [5.41, 5.74) is 7.22. The Kier molecular flexibility index (Phi) is 4.24. The maximum absolute atomic E-state index is 12.8. The largest absolute Gasteiger partial charge is 0.352 e. The SMILES string of the molecule is O=C(NCc1ccccc1)C1CN(CC2CC2)C(=O)C2NNCC12. The number of carbonyl (C=O) groups is 2. The number of fused-ring (bicyclic) bond motifs is 1. The fraction of sp³-hybridized carbons (Fsp3) is 0.556. The molecule has 2 aliphatic heterocycles. The van der Waals surface area contributed by atoms with Gasteiger partial charge in [0.05, 0.1) is 5.92 Å². The molecule has 1 saturated carbocycles. The molecule has 1 aliphatic carbocycles. The fourth-order valence-electron chi connectivity index (χ4n) is 3.76. The van der Waals surface area contributed by atoms with Gasteiger partial charge in [0, 0.05) is 32.1 Å². The molecule has 0 bridgehead atoms. The number of amides is 2. The number of piperidine rings is 1. The van der Waals surface area contributed by atoms with E-state index in [1.165, 1.54) is 12.8 Å². The third-order valence-corrected chi connectivity index (χ3v) is 5.36. The normalized spacial score (nSPS) is 29.4. The van der Waals surface area contributed by atoms with Crippen LogP contribution < -0.4 is 16.2 Å². The van der Waals surface area contributed by atoms with Crippen molar-refractivity contribution in [1.82, 2.24) is 21.1 Å². The number of rotatable bonds is 5. The summed E-state index contributed by atoms with van der Waals surface area (Å²) in [6.45, 7) is 2.54. The fourth-order valence-corrected chi connectivity index (χ4v) is 3.76. The lowest BCUT2D eigenvalue weighted by atomic mass is 9.82. The van der Waals surface area contributed by atoms with Gasteiger partial charge in [-0.15, -0.1) is 0 Å². The van der Waals surface area contributed by atoms with Crippen molar-refractivity contribution in [2.24, 2.45) is 17.8 Å². The summed E-state index contributed by atoms with van der Waals surface area (Å²) in [4.78, 5) is 27.3. The summed E-state index contributed by atoms with van der Waals surface area (Å²) >= 11 is 0. The van der Waals surface area contributed by atoms with E-state index in [1.807, 2.05) is 35.2 Å². The number of hydrogen-bond donors (Lipinski definition) is 3. The van der Waals surface area contributed by atoms with E-state index in [1.54, 1.807) is 0 Å². The van der Waals surface area contributed by atoms with Gasteiger partial charge in [-0.2, -0.15) is 0 Å². The van der Waals surface area contributed by atoms with E-state index in [0.29, 0.717) is 25.6 Å². The van der Waals surface area contributed by atoms with Crippen LogP contribution in [-0.2, 0) is 16.1 Å². The highest BCUT2D eigenvalue weighted by atomic mass is 16.2. The molecule has 2 heterocycles. The van der Waals surface area contributed by atoms with Crippen LogP contribution in [0.25, 0.3) is 0 Å². The van der Waals surface area contributed by atoms with Crippen molar-refractivity contribution < 1.29 is 9.59 Å². The summed E-state index contributed by atoms with van der Waals surface area (Å²) in [6.07, 6.45) is 2.41. The first kappa shape index (κ1) is 15.6. The Hall–Kier alpha value is -1.92. The minimum absolute atomic E-state index is 0.0312. The van der Waals surface area contributed by atoms with Gasteiger partial charge < -0.3 is 10.2 Å². The van der Waals surface area contributed by atoms with Crippen molar-refractivity contribution in [2.75, 3.05) is 19.6 Å². The van der Waals surface area contributed by atoms with E-state index >= 15 is 0 Å². The van der Waals surface area contributed by atoms with Gasteiger partial charge in [0.25, 0.3) is 0 Å². The van der Waals surface area contributed by atoms with Gasteiger partial charge >= 0.3 is 0 Å². The summed E-state index contributed by atoms with van der Waals surface area (Å²) in [5, 5.41) is 3.05. The van der Waals surface area contributed by atoms with E-state index in [4.69, 9.17) is 0 Å². The molecular formula is C18H24N4O2. The van der Waals surface area contributed by atoms with Gasteiger partial charge in [-0.3, -0.25) is 15.0 Å². The van der Waals surface area contributed by atoms with Crippen LogP contribution in [-0.4, -0.2) is 42.4 Å². The molecule has 3 aliphatic rings. The molecule has 2 saturated heterocycles. The second-order valence-corrected chi connectivity index (χ2v) is 7.16. The zero-order valence-electron chi connectivity index (χ0n) is 13.7. The van der Waals surface area contributed by atoms with Crippen LogP contribution in [0.4, 0.5) is 0 Å². The molecule has 3 atom stereocenters. The summed E-state index contributed by atoms with van der Waals surface area (Å²) in [7, 11) is 0. The number of benzene rings is 1. The predicted octanol–water partition coefficient (Wildman–Crippen LogP) is 0.264. The number of hydrogen-bond acceptors (Lipinski definition) is 4. The lowest BCUT2D eigenvalue weighted by Crippen LogP contribution is -2.59. The minimum Gasteiger partial charge on any atom is -0.352 e. The number of nitrogens with zero attached hydrogens (tertiary/aromatic N) is 1. The van der Waals surface area contributed by atoms with Crippen LogP contribution in [0.5, 0.6) is 0 Å². The molecular weight excluding hydrogens is 304 g/mol. The van der Waals surface area contributed by atoms with Crippen LogP contribution in [0.2, 0.25) is 0 Å². The molecule has 3 N–H and O–H groups in total. The molecule has 6 heteroatoms. The first-order chi connectivity index (χ1) is 11.7. The number of nitrogens with one attached hydrogen (secondary N) is 3. The Morgan fingerprint density at radius 2 is 2.04 bits per heavy atom. The molecule has 6 nitrogen and oxygen atoms in total. The Morgan fingerprint density at radius 3 is 2.79 bits per heavy atom. The molecule has 3 unspecified atom stereocenters. The maximum atomic E-state index is 12.8. The molecule has 0 radical (unpaired) electrons. The molecule has 1 aromatic rings. The Morgan fingerprint density at radius 1 is 1.25 bits per heavy atom. The zero-order valence-corrected chi connectivity index (χ0v) is 13.7. The van der Waals surface area contributed by atoms with Gasteiger partial charge in [0.15, 0.2) is 0 Å². The van der Waals surface area contributed by atoms with Gasteiger partial charge in [-0.1, -0.05) is 30.3 Å². The molecule has 3 fully saturated rings. The Balaban J connectivity index is 1.43. The average molecular weight is 328 g/mol. The standard InChI is InChI=1S/C18H24N4O2/c23-17(19-8-12-4-2-1-3-5-12)15-11-22(10-13-6-7-13)18(24)16-14(15)9-20-21-16/h1-5,13-16,20-21H,6-11H2,(H,19,23). The third-order valence-electron chi connectivity index (χ3n) is 5.36. The summed E-state index contributed by atoms with van der Waals surface area (Å²) in [5.74, 6) is 0.700. The van der Waals surface area contributed by atoms with Crippen LogP contribution in [0.1, 0.15) is 18.4 Å². The molecule has 24 heavy (non-hydrogen) atoms. The highest BCUT2D eigenvalue weighted by Gasteiger charge is 2.48.